The highest BCUT2D eigenvalue weighted by molar-refractivity contribution is 5.44. The maximum absolute atomic E-state index is 10.6. The number of benzene rings is 1. The van der Waals surface area contributed by atoms with Crippen molar-refractivity contribution < 1.29 is 14.6 Å². The van der Waals surface area contributed by atoms with Crippen LogP contribution >= 0.6 is 0 Å². The summed E-state index contributed by atoms with van der Waals surface area (Å²) in [5, 5.41) is 10.6. The molecule has 120 valence electrons. The molecule has 0 unspecified atom stereocenters. The molecule has 1 N–H and O–H groups in total. The van der Waals surface area contributed by atoms with Gasteiger partial charge in [-0.25, -0.2) is 0 Å². The Balaban J connectivity index is 1.37. The zero-order valence-electron chi connectivity index (χ0n) is 13.3. The van der Waals surface area contributed by atoms with Gasteiger partial charge in [0, 0.05) is 19.6 Å². The minimum absolute atomic E-state index is 0.222. The van der Waals surface area contributed by atoms with Gasteiger partial charge in [-0.2, -0.15) is 0 Å². The summed E-state index contributed by atoms with van der Waals surface area (Å²) in [4.78, 5) is 2.49. The van der Waals surface area contributed by atoms with E-state index in [1.807, 2.05) is 18.2 Å². The molecule has 0 bridgehead atoms. The fraction of sp³-hybridized carbons (Fsp3) is 0.667. The van der Waals surface area contributed by atoms with Crippen LogP contribution in [0.25, 0.3) is 0 Å². The van der Waals surface area contributed by atoms with Crippen molar-refractivity contribution in [3.05, 3.63) is 23.8 Å². The Hall–Kier alpha value is -1.26. The van der Waals surface area contributed by atoms with Crippen LogP contribution in [0.2, 0.25) is 0 Å². The van der Waals surface area contributed by atoms with Gasteiger partial charge in [-0.05, 0) is 41.9 Å². The lowest BCUT2D eigenvalue weighted by Crippen LogP contribution is -2.60. The minimum Gasteiger partial charge on any atom is -0.486 e. The van der Waals surface area contributed by atoms with E-state index in [0.29, 0.717) is 18.6 Å². The molecular weight excluding hydrogens is 278 g/mol. The average Bonchev–Trinajstić information content (AvgIpc) is 2.47. The second kappa shape index (κ2) is 5.43. The number of nitrogens with zero attached hydrogens (tertiary/aromatic N) is 1. The van der Waals surface area contributed by atoms with Crippen molar-refractivity contribution in [2.75, 3.05) is 32.8 Å². The van der Waals surface area contributed by atoms with Gasteiger partial charge in [0.2, 0.25) is 0 Å². The maximum atomic E-state index is 10.6. The van der Waals surface area contributed by atoms with Crippen LogP contribution in [-0.2, 0) is 0 Å². The van der Waals surface area contributed by atoms with Crippen LogP contribution in [-0.4, -0.2) is 42.9 Å². The highest BCUT2D eigenvalue weighted by atomic mass is 16.6. The summed E-state index contributed by atoms with van der Waals surface area (Å²) in [6, 6.07) is 5.80. The minimum atomic E-state index is -0.450. The van der Waals surface area contributed by atoms with E-state index in [1.54, 1.807) is 0 Å². The molecule has 1 saturated heterocycles. The van der Waals surface area contributed by atoms with Gasteiger partial charge in [-0.1, -0.05) is 19.4 Å². The van der Waals surface area contributed by atoms with Gasteiger partial charge in [0.25, 0.3) is 0 Å². The summed E-state index contributed by atoms with van der Waals surface area (Å²) < 4.78 is 11.1. The van der Waals surface area contributed by atoms with Crippen molar-refractivity contribution in [3.8, 4) is 11.5 Å². The number of aliphatic hydroxyl groups excluding tert-OH is 1. The van der Waals surface area contributed by atoms with Gasteiger partial charge in [0.05, 0.1) is 6.10 Å². The summed E-state index contributed by atoms with van der Waals surface area (Å²) >= 11 is 0. The highest BCUT2D eigenvalue weighted by Crippen LogP contribution is 2.48. The molecule has 4 heteroatoms. The first-order chi connectivity index (χ1) is 10.7. The predicted octanol–water partition coefficient (Wildman–Crippen LogP) is 2.61. The van der Waals surface area contributed by atoms with Crippen molar-refractivity contribution >= 4 is 0 Å². The fourth-order valence-electron chi connectivity index (χ4n) is 4.10. The Kier molecular flexibility index (Phi) is 3.54. The number of hydrogen-bond acceptors (Lipinski definition) is 4. The molecule has 0 radical (unpaired) electrons. The van der Waals surface area contributed by atoms with Crippen LogP contribution in [0.4, 0.5) is 0 Å². The van der Waals surface area contributed by atoms with Crippen LogP contribution < -0.4 is 9.47 Å². The monoisotopic (exact) mass is 303 g/mol. The lowest BCUT2D eigenvalue weighted by Gasteiger charge is -2.56. The third-order valence-electron chi connectivity index (χ3n) is 5.53. The van der Waals surface area contributed by atoms with Gasteiger partial charge in [-0.15, -0.1) is 0 Å². The molecule has 1 aromatic rings. The zero-order chi connectivity index (χ0) is 15.2. The SMILES string of the molecule is C[C@H](CN1CC2(CCC2)C1)[C@H](O)c1ccc2c(c1)OCCO2. The summed E-state index contributed by atoms with van der Waals surface area (Å²) in [7, 11) is 0. The summed E-state index contributed by atoms with van der Waals surface area (Å²) in [5.41, 5.74) is 1.58. The molecule has 0 aromatic heterocycles. The number of aliphatic hydroxyl groups is 1. The fourth-order valence-corrected chi connectivity index (χ4v) is 4.10. The van der Waals surface area contributed by atoms with Crippen molar-refractivity contribution in [2.24, 2.45) is 11.3 Å². The molecule has 4 nitrogen and oxygen atoms in total. The van der Waals surface area contributed by atoms with E-state index in [4.69, 9.17) is 9.47 Å². The van der Waals surface area contributed by atoms with Crippen molar-refractivity contribution in [1.29, 1.82) is 0 Å². The third kappa shape index (κ3) is 2.48. The van der Waals surface area contributed by atoms with Gasteiger partial charge in [0.1, 0.15) is 13.2 Å². The zero-order valence-corrected chi connectivity index (χ0v) is 13.3. The number of rotatable bonds is 4. The Labute approximate surface area is 132 Å². The number of fused-ring (bicyclic) bond motifs is 1. The van der Waals surface area contributed by atoms with Gasteiger partial charge in [0.15, 0.2) is 11.5 Å². The van der Waals surface area contributed by atoms with Crippen LogP contribution in [0.15, 0.2) is 18.2 Å². The molecule has 1 aliphatic carbocycles. The Morgan fingerprint density at radius 3 is 2.59 bits per heavy atom. The molecule has 22 heavy (non-hydrogen) atoms. The second-order valence-corrected chi connectivity index (χ2v) is 7.35. The number of ether oxygens (including phenoxy) is 2. The molecule has 4 rings (SSSR count). The number of likely N-dealkylation sites (tertiary alicyclic amines) is 1. The predicted molar refractivity (Wildman–Crippen MR) is 84.3 cm³/mol. The van der Waals surface area contributed by atoms with E-state index < -0.39 is 6.10 Å². The molecule has 2 atom stereocenters. The molecule has 1 spiro atoms. The molecule has 1 aromatic carbocycles. The van der Waals surface area contributed by atoms with Crippen LogP contribution in [0, 0.1) is 11.3 Å². The van der Waals surface area contributed by atoms with Crippen molar-refractivity contribution in [1.82, 2.24) is 4.90 Å². The lowest BCUT2D eigenvalue weighted by atomic mass is 9.63. The van der Waals surface area contributed by atoms with Crippen LogP contribution in [0.3, 0.4) is 0 Å². The van der Waals surface area contributed by atoms with Gasteiger partial charge < -0.3 is 19.5 Å². The summed E-state index contributed by atoms with van der Waals surface area (Å²) in [6.45, 7) is 6.74. The van der Waals surface area contributed by atoms with Crippen molar-refractivity contribution in [3.63, 3.8) is 0 Å². The van der Waals surface area contributed by atoms with E-state index >= 15 is 0 Å². The topological polar surface area (TPSA) is 41.9 Å². The van der Waals surface area contributed by atoms with Crippen LogP contribution in [0.1, 0.15) is 37.9 Å². The molecule has 2 aliphatic heterocycles. The lowest BCUT2D eigenvalue weighted by molar-refractivity contribution is -0.0740. The third-order valence-corrected chi connectivity index (χ3v) is 5.53. The van der Waals surface area contributed by atoms with E-state index in [0.717, 1.165) is 23.6 Å². The quantitative estimate of drug-likeness (QED) is 0.928. The summed E-state index contributed by atoms with van der Waals surface area (Å²) in [6.07, 6.45) is 3.77. The second-order valence-electron chi connectivity index (χ2n) is 7.35. The highest BCUT2D eigenvalue weighted by Gasteiger charge is 2.47. The molecule has 1 saturated carbocycles. The first-order valence-electron chi connectivity index (χ1n) is 8.45. The largest absolute Gasteiger partial charge is 0.486 e. The van der Waals surface area contributed by atoms with Gasteiger partial charge in [-0.3, -0.25) is 0 Å². The van der Waals surface area contributed by atoms with Crippen molar-refractivity contribution in [2.45, 2.75) is 32.3 Å². The Bertz CT molecular complexity index is 547. The first-order valence-corrected chi connectivity index (χ1v) is 8.45. The van der Waals surface area contributed by atoms with E-state index in [-0.39, 0.29) is 5.92 Å². The smallest absolute Gasteiger partial charge is 0.161 e. The van der Waals surface area contributed by atoms with E-state index in [2.05, 4.69) is 11.8 Å². The Morgan fingerprint density at radius 1 is 1.18 bits per heavy atom. The molecule has 2 fully saturated rings. The standard InChI is InChI=1S/C18H25NO3/c1-13(10-19-11-18(12-19)5-2-6-18)17(20)14-3-4-15-16(9-14)22-8-7-21-15/h3-4,9,13,17,20H,2,5-8,10-12H2,1H3/t13-,17+/m1/s1. The maximum Gasteiger partial charge on any atom is 0.161 e. The number of hydrogen-bond donors (Lipinski definition) is 1. The Morgan fingerprint density at radius 2 is 1.91 bits per heavy atom. The first kappa shape index (κ1) is 14.3. The average molecular weight is 303 g/mol. The molecule has 2 heterocycles. The van der Waals surface area contributed by atoms with E-state index in [9.17, 15) is 5.11 Å². The van der Waals surface area contributed by atoms with E-state index in [1.165, 1.54) is 32.4 Å². The molecule has 3 aliphatic rings. The normalized spacial score (nSPS) is 25.2. The van der Waals surface area contributed by atoms with Gasteiger partial charge >= 0.3 is 0 Å². The van der Waals surface area contributed by atoms with Crippen LogP contribution in [0.5, 0.6) is 11.5 Å². The summed E-state index contributed by atoms with van der Waals surface area (Å²) in [5.74, 6) is 1.76. The molecular formula is C18H25NO3. The molecule has 0 amide bonds.